The molecular formula is C8H10N10. The molecular weight excluding hydrogens is 236 g/mol. The minimum atomic E-state index is 0.558. The van der Waals surface area contributed by atoms with E-state index in [9.17, 15) is 0 Å². The molecule has 3 rings (SSSR count). The van der Waals surface area contributed by atoms with Gasteiger partial charge in [0, 0.05) is 6.42 Å². The fourth-order valence-electron chi connectivity index (χ4n) is 1.57. The fraction of sp³-hybridized carbons (Fsp3) is 0.375. The average Bonchev–Trinajstić information content (AvgIpc) is 3.09. The van der Waals surface area contributed by atoms with Gasteiger partial charge in [0.15, 0.2) is 5.82 Å². The molecule has 0 spiro atoms. The number of hydrogen-bond donors (Lipinski definition) is 1. The summed E-state index contributed by atoms with van der Waals surface area (Å²) in [5.41, 5.74) is 0. The summed E-state index contributed by atoms with van der Waals surface area (Å²) in [5.74, 6) is 1.29. The molecule has 3 aromatic rings. The Kier molecular flexibility index (Phi) is 2.74. The Labute approximate surface area is 101 Å². The van der Waals surface area contributed by atoms with Crippen LogP contribution in [0.25, 0.3) is 0 Å². The monoisotopic (exact) mass is 246 g/mol. The molecule has 0 saturated carbocycles. The predicted octanol–water partition coefficient (Wildman–Crippen LogP) is -2.28. The lowest BCUT2D eigenvalue weighted by Gasteiger charge is -1.94. The molecule has 0 aliphatic rings. The molecule has 0 aliphatic carbocycles. The smallest absolute Gasteiger partial charge is 0.244 e. The minimum Gasteiger partial charge on any atom is -0.331 e. The van der Waals surface area contributed by atoms with Crippen LogP contribution in [0.5, 0.6) is 0 Å². The molecule has 0 unspecified atom stereocenters. The van der Waals surface area contributed by atoms with Crippen molar-refractivity contribution < 1.29 is 4.57 Å². The Bertz CT molecular complexity index is 579. The molecule has 10 nitrogen and oxygen atoms in total. The fourth-order valence-corrected chi connectivity index (χ4v) is 1.57. The van der Waals surface area contributed by atoms with Gasteiger partial charge in [-0.15, -0.1) is 10.2 Å². The van der Waals surface area contributed by atoms with Crippen molar-refractivity contribution in [2.45, 2.75) is 19.5 Å². The van der Waals surface area contributed by atoms with E-state index < -0.39 is 0 Å². The second-order valence-electron chi connectivity index (χ2n) is 3.70. The second kappa shape index (κ2) is 4.69. The van der Waals surface area contributed by atoms with Crippen LogP contribution in [-0.2, 0) is 19.5 Å². The lowest BCUT2D eigenvalue weighted by atomic mass is 10.4. The number of imidazole rings is 1. The van der Waals surface area contributed by atoms with Crippen molar-refractivity contribution in [2.75, 3.05) is 0 Å². The van der Waals surface area contributed by atoms with Gasteiger partial charge in [-0.25, -0.2) is 9.13 Å². The number of H-pyrrole nitrogens is 1. The van der Waals surface area contributed by atoms with Crippen LogP contribution in [0.2, 0.25) is 0 Å². The van der Waals surface area contributed by atoms with Gasteiger partial charge in [0.2, 0.25) is 6.33 Å². The van der Waals surface area contributed by atoms with Crippen molar-refractivity contribution in [2.24, 2.45) is 0 Å². The highest BCUT2D eigenvalue weighted by Gasteiger charge is 2.06. The van der Waals surface area contributed by atoms with Crippen LogP contribution >= 0.6 is 0 Å². The maximum atomic E-state index is 3.90. The van der Waals surface area contributed by atoms with Gasteiger partial charge in [-0.2, -0.15) is 10.4 Å². The number of nitrogens with one attached hydrogen (secondary N) is 1. The van der Waals surface area contributed by atoms with Gasteiger partial charge in [0.05, 0.1) is 12.4 Å². The number of rotatable bonds is 5. The first-order chi connectivity index (χ1) is 8.90. The summed E-state index contributed by atoms with van der Waals surface area (Å²) in [4.78, 5) is 0. The third-order valence-electron chi connectivity index (χ3n) is 2.41. The Hall–Kier alpha value is -2.65. The van der Waals surface area contributed by atoms with Crippen LogP contribution < -0.4 is 9.67 Å². The van der Waals surface area contributed by atoms with Gasteiger partial charge in [0.25, 0.3) is 0 Å². The van der Waals surface area contributed by atoms with E-state index in [2.05, 4.69) is 41.2 Å². The summed E-state index contributed by atoms with van der Waals surface area (Å²) < 4.78 is 3.98. The van der Waals surface area contributed by atoms with Gasteiger partial charge in [-0.3, -0.25) is 10.3 Å². The molecule has 0 radical (unpaired) electrons. The highest BCUT2D eigenvalue weighted by molar-refractivity contribution is 4.78. The van der Waals surface area contributed by atoms with Crippen molar-refractivity contribution >= 4 is 0 Å². The summed E-state index contributed by atoms with van der Waals surface area (Å²) in [6.07, 6.45) is 6.58. The van der Waals surface area contributed by atoms with Crippen LogP contribution in [0.3, 0.4) is 0 Å². The molecule has 0 aromatic carbocycles. The maximum absolute atomic E-state index is 3.90. The molecule has 18 heavy (non-hydrogen) atoms. The molecule has 3 aromatic heterocycles. The summed E-state index contributed by atoms with van der Waals surface area (Å²) in [5, 5.41) is 28.1. The Morgan fingerprint density at radius 2 is 2.39 bits per heavy atom. The van der Waals surface area contributed by atoms with Crippen molar-refractivity contribution in [3.8, 4) is 0 Å². The Morgan fingerprint density at radius 1 is 1.39 bits per heavy atom. The van der Waals surface area contributed by atoms with Crippen LogP contribution in [0.4, 0.5) is 0 Å². The number of tetrazole rings is 2. The zero-order valence-corrected chi connectivity index (χ0v) is 9.38. The maximum Gasteiger partial charge on any atom is 0.244 e. The molecule has 0 atom stereocenters. The Balaban J connectivity index is 1.59. The molecule has 10 heteroatoms. The number of nitrogens with zero attached hydrogens (tertiary/aromatic N) is 9. The molecule has 0 aliphatic heterocycles. The van der Waals surface area contributed by atoms with Gasteiger partial charge in [-0.1, -0.05) is 5.21 Å². The zero-order chi connectivity index (χ0) is 12.2. The summed E-state index contributed by atoms with van der Waals surface area (Å²) in [6.45, 7) is 1.34. The first-order valence-electron chi connectivity index (χ1n) is 5.35. The van der Waals surface area contributed by atoms with Crippen molar-refractivity contribution in [3.05, 3.63) is 30.4 Å². The van der Waals surface area contributed by atoms with Crippen LogP contribution in [-0.4, -0.2) is 40.7 Å². The molecule has 1 N–H and O–H groups in total. The van der Waals surface area contributed by atoms with E-state index in [1.807, 2.05) is 27.9 Å². The summed E-state index contributed by atoms with van der Waals surface area (Å²) in [7, 11) is 0. The van der Waals surface area contributed by atoms with E-state index in [0.717, 1.165) is 13.0 Å². The molecule has 0 fully saturated rings. The van der Waals surface area contributed by atoms with Crippen LogP contribution in [0.1, 0.15) is 11.6 Å². The number of aromatic amines is 1. The second-order valence-corrected chi connectivity index (χ2v) is 3.70. The van der Waals surface area contributed by atoms with Gasteiger partial charge < -0.3 is 5.10 Å². The number of hydrogen-bond acceptors (Lipinski definition) is 6. The number of aryl methyl sites for hydroxylation is 2. The molecule has 3 heterocycles. The molecule has 0 amide bonds. The topological polar surface area (TPSA) is 116 Å². The third kappa shape index (κ3) is 2.36. The zero-order valence-electron chi connectivity index (χ0n) is 9.38. The van der Waals surface area contributed by atoms with E-state index >= 15 is 0 Å². The van der Waals surface area contributed by atoms with Crippen LogP contribution in [0, 0.1) is 0 Å². The van der Waals surface area contributed by atoms with Crippen molar-refractivity contribution in [1.82, 2.24) is 45.8 Å². The number of aromatic nitrogens is 10. The Morgan fingerprint density at radius 3 is 3.17 bits per heavy atom. The quantitative estimate of drug-likeness (QED) is 0.504. The first kappa shape index (κ1) is 10.5. The van der Waals surface area contributed by atoms with Gasteiger partial charge >= 0.3 is 0 Å². The van der Waals surface area contributed by atoms with Gasteiger partial charge in [-0.05, 0) is 0 Å². The summed E-state index contributed by atoms with van der Waals surface area (Å²) >= 11 is 0. The van der Waals surface area contributed by atoms with Crippen molar-refractivity contribution in [3.63, 3.8) is 0 Å². The van der Waals surface area contributed by atoms with E-state index in [4.69, 9.17) is 0 Å². The first-order valence-corrected chi connectivity index (χ1v) is 5.35. The van der Waals surface area contributed by atoms with Crippen molar-refractivity contribution in [1.29, 1.82) is 0 Å². The standard InChI is InChI=1S/C8H10N10/c1(7-9-13-14-10-7)2-17-3-4-18(6-17)5-8-11-15-16-12-8/h3-4,6H,1-2,5H2,(H-,9,10,11,12,13,14,15,16). The van der Waals surface area contributed by atoms with E-state index in [1.54, 1.807) is 0 Å². The van der Waals surface area contributed by atoms with E-state index in [1.165, 1.54) is 0 Å². The SMILES string of the molecule is c1c[n+](Cc2nnn[n-]2)cn1CCc1nn[nH]n1. The van der Waals surface area contributed by atoms with Crippen LogP contribution in [0.15, 0.2) is 18.7 Å². The lowest BCUT2D eigenvalue weighted by Crippen LogP contribution is -2.32. The lowest BCUT2D eigenvalue weighted by molar-refractivity contribution is -0.688. The largest absolute Gasteiger partial charge is 0.331 e. The molecule has 0 bridgehead atoms. The normalized spacial score (nSPS) is 10.9. The van der Waals surface area contributed by atoms with E-state index in [-0.39, 0.29) is 0 Å². The van der Waals surface area contributed by atoms with E-state index in [0.29, 0.717) is 18.2 Å². The average molecular weight is 246 g/mol. The molecule has 92 valence electrons. The predicted molar refractivity (Wildman–Crippen MR) is 54.8 cm³/mol. The minimum absolute atomic E-state index is 0.558. The highest BCUT2D eigenvalue weighted by Crippen LogP contribution is 1.92. The third-order valence-corrected chi connectivity index (χ3v) is 2.41. The van der Waals surface area contributed by atoms with Gasteiger partial charge in [0.1, 0.15) is 18.9 Å². The molecule has 0 saturated heterocycles. The highest BCUT2D eigenvalue weighted by atomic mass is 15.5. The summed E-state index contributed by atoms with van der Waals surface area (Å²) in [6, 6.07) is 0.